The zero-order valence-corrected chi connectivity index (χ0v) is 13.7. The quantitative estimate of drug-likeness (QED) is 0.771. The Morgan fingerprint density at radius 2 is 1.86 bits per heavy atom. The summed E-state index contributed by atoms with van der Waals surface area (Å²) in [6.07, 6.45) is 7.11. The van der Waals surface area contributed by atoms with E-state index in [-0.39, 0.29) is 0 Å². The van der Waals surface area contributed by atoms with Crippen molar-refractivity contribution in [3.8, 4) is 11.1 Å². The van der Waals surface area contributed by atoms with Gasteiger partial charge in [-0.25, -0.2) is 0 Å². The summed E-state index contributed by atoms with van der Waals surface area (Å²) in [6, 6.07) is 13.6. The molecule has 112 valence electrons. The predicted molar refractivity (Wildman–Crippen MR) is 92.6 cm³/mol. The van der Waals surface area contributed by atoms with Crippen LogP contribution in [0.5, 0.6) is 0 Å². The van der Waals surface area contributed by atoms with Crippen LogP contribution >= 0.6 is 11.3 Å². The summed E-state index contributed by atoms with van der Waals surface area (Å²) >= 11 is 1.87. The third kappa shape index (κ3) is 3.96. The maximum absolute atomic E-state index is 3.74. The molecule has 1 aromatic carbocycles. The Hall–Kier alpha value is -1.12. The lowest BCUT2D eigenvalue weighted by Gasteiger charge is -2.28. The Balaban J connectivity index is 1.55. The van der Waals surface area contributed by atoms with E-state index >= 15 is 0 Å². The molecular weight excluding hydrogens is 274 g/mol. The SMILES string of the molecule is C[C@H](NCc1cc(-c2ccccc2)cs1)C1CCCCC1. The van der Waals surface area contributed by atoms with Gasteiger partial charge in [0.15, 0.2) is 0 Å². The Morgan fingerprint density at radius 3 is 2.62 bits per heavy atom. The first-order chi connectivity index (χ1) is 10.3. The molecule has 0 bridgehead atoms. The van der Waals surface area contributed by atoms with Crippen LogP contribution in [0.4, 0.5) is 0 Å². The fourth-order valence-corrected chi connectivity index (χ4v) is 4.16. The standard InChI is InChI=1S/C19H25NS/c1-15(16-8-4-2-5-9-16)20-13-19-12-18(14-21-19)17-10-6-3-7-11-17/h3,6-7,10-12,14-16,20H,2,4-5,8-9,13H2,1H3/t15-/m0/s1. The Morgan fingerprint density at radius 1 is 1.10 bits per heavy atom. The minimum absolute atomic E-state index is 0.646. The van der Waals surface area contributed by atoms with Gasteiger partial charge in [0.2, 0.25) is 0 Å². The topological polar surface area (TPSA) is 12.0 Å². The van der Waals surface area contributed by atoms with Crippen molar-refractivity contribution in [2.45, 2.75) is 51.6 Å². The molecule has 0 unspecified atom stereocenters. The Labute approximate surface area is 132 Å². The van der Waals surface area contributed by atoms with Crippen molar-refractivity contribution >= 4 is 11.3 Å². The molecule has 0 amide bonds. The predicted octanol–water partition coefficient (Wildman–Crippen LogP) is 5.47. The number of hydrogen-bond acceptors (Lipinski definition) is 2. The van der Waals surface area contributed by atoms with E-state index in [0.717, 1.165) is 12.5 Å². The van der Waals surface area contributed by atoms with Crippen LogP contribution in [0.25, 0.3) is 11.1 Å². The van der Waals surface area contributed by atoms with E-state index < -0.39 is 0 Å². The van der Waals surface area contributed by atoms with Gasteiger partial charge in [0.05, 0.1) is 0 Å². The molecular formula is C19H25NS. The summed E-state index contributed by atoms with van der Waals surface area (Å²) in [7, 11) is 0. The second kappa shape index (κ2) is 7.24. The highest BCUT2D eigenvalue weighted by Gasteiger charge is 2.19. The number of thiophene rings is 1. The molecule has 1 aliphatic carbocycles. The minimum Gasteiger partial charge on any atom is -0.309 e. The van der Waals surface area contributed by atoms with Crippen LogP contribution in [0.15, 0.2) is 41.8 Å². The van der Waals surface area contributed by atoms with Gasteiger partial charge < -0.3 is 5.32 Å². The monoisotopic (exact) mass is 299 g/mol. The summed E-state index contributed by atoms with van der Waals surface area (Å²) in [5.41, 5.74) is 2.67. The first kappa shape index (κ1) is 14.8. The zero-order chi connectivity index (χ0) is 14.5. The van der Waals surface area contributed by atoms with E-state index in [1.54, 1.807) is 0 Å². The summed E-state index contributed by atoms with van der Waals surface area (Å²) in [5, 5.41) is 6.02. The fraction of sp³-hybridized carbons (Fsp3) is 0.474. The molecule has 3 rings (SSSR count). The molecule has 1 nitrogen and oxygen atoms in total. The summed E-state index contributed by atoms with van der Waals surface area (Å²) in [4.78, 5) is 1.44. The van der Waals surface area contributed by atoms with Gasteiger partial charge in [-0.15, -0.1) is 11.3 Å². The average Bonchev–Trinajstić information content (AvgIpc) is 3.03. The van der Waals surface area contributed by atoms with Gasteiger partial charge in [0, 0.05) is 17.5 Å². The summed E-state index contributed by atoms with van der Waals surface area (Å²) in [6.45, 7) is 3.37. The molecule has 1 atom stereocenters. The summed E-state index contributed by atoms with van der Waals surface area (Å²) < 4.78 is 0. The second-order valence-electron chi connectivity index (χ2n) is 6.24. The molecule has 1 aromatic heterocycles. The van der Waals surface area contributed by atoms with E-state index in [9.17, 15) is 0 Å². The lowest BCUT2D eigenvalue weighted by Crippen LogP contribution is -2.33. The molecule has 1 fully saturated rings. The van der Waals surface area contributed by atoms with E-state index in [4.69, 9.17) is 0 Å². The van der Waals surface area contributed by atoms with E-state index in [1.165, 1.54) is 48.1 Å². The molecule has 0 radical (unpaired) electrons. The largest absolute Gasteiger partial charge is 0.309 e. The van der Waals surface area contributed by atoms with Crippen molar-refractivity contribution in [2.24, 2.45) is 5.92 Å². The number of hydrogen-bond donors (Lipinski definition) is 1. The van der Waals surface area contributed by atoms with Gasteiger partial charge in [0.1, 0.15) is 0 Å². The number of rotatable bonds is 5. The molecule has 1 N–H and O–H groups in total. The van der Waals surface area contributed by atoms with E-state index in [2.05, 4.69) is 54.0 Å². The molecule has 1 heterocycles. The number of nitrogens with one attached hydrogen (secondary N) is 1. The molecule has 1 aliphatic rings. The van der Waals surface area contributed by atoms with Crippen molar-refractivity contribution in [2.75, 3.05) is 0 Å². The van der Waals surface area contributed by atoms with Gasteiger partial charge in [-0.05, 0) is 48.3 Å². The van der Waals surface area contributed by atoms with Crippen molar-refractivity contribution in [3.05, 3.63) is 46.7 Å². The van der Waals surface area contributed by atoms with Crippen LogP contribution in [0, 0.1) is 5.92 Å². The Bertz CT molecular complexity index is 540. The maximum Gasteiger partial charge on any atom is 0.0302 e. The highest BCUT2D eigenvalue weighted by atomic mass is 32.1. The lowest BCUT2D eigenvalue weighted by atomic mass is 9.84. The van der Waals surface area contributed by atoms with Crippen LogP contribution in [0.3, 0.4) is 0 Å². The van der Waals surface area contributed by atoms with Crippen LogP contribution in [-0.4, -0.2) is 6.04 Å². The molecule has 1 saturated carbocycles. The normalized spacial score (nSPS) is 17.8. The van der Waals surface area contributed by atoms with Crippen molar-refractivity contribution in [1.29, 1.82) is 0 Å². The molecule has 21 heavy (non-hydrogen) atoms. The zero-order valence-electron chi connectivity index (χ0n) is 12.8. The van der Waals surface area contributed by atoms with Crippen molar-refractivity contribution in [3.63, 3.8) is 0 Å². The van der Waals surface area contributed by atoms with Crippen LogP contribution in [0.1, 0.15) is 43.9 Å². The maximum atomic E-state index is 3.74. The highest BCUT2D eigenvalue weighted by molar-refractivity contribution is 7.10. The third-order valence-corrected chi connectivity index (χ3v) is 5.65. The molecule has 2 aromatic rings. The average molecular weight is 299 g/mol. The Kier molecular flexibility index (Phi) is 5.10. The second-order valence-corrected chi connectivity index (χ2v) is 7.23. The van der Waals surface area contributed by atoms with E-state index in [1.807, 2.05) is 11.3 Å². The first-order valence-corrected chi connectivity index (χ1v) is 9.07. The van der Waals surface area contributed by atoms with Crippen LogP contribution in [-0.2, 0) is 6.54 Å². The fourth-order valence-electron chi connectivity index (χ4n) is 3.32. The highest BCUT2D eigenvalue weighted by Crippen LogP contribution is 2.28. The lowest BCUT2D eigenvalue weighted by molar-refractivity contribution is 0.281. The minimum atomic E-state index is 0.646. The van der Waals surface area contributed by atoms with Gasteiger partial charge in [0.25, 0.3) is 0 Å². The molecule has 0 aliphatic heterocycles. The molecule has 0 saturated heterocycles. The first-order valence-electron chi connectivity index (χ1n) is 8.19. The molecule has 2 heteroatoms. The van der Waals surface area contributed by atoms with Gasteiger partial charge in [-0.1, -0.05) is 49.6 Å². The molecule has 0 spiro atoms. The van der Waals surface area contributed by atoms with E-state index in [0.29, 0.717) is 6.04 Å². The van der Waals surface area contributed by atoms with Crippen LogP contribution in [0.2, 0.25) is 0 Å². The van der Waals surface area contributed by atoms with Crippen LogP contribution < -0.4 is 5.32 Å². The van der Waals surface area contributed by atoms with Gasteiger partial charge in [-0.2, -0.15) is 0 Å². The van der Waals surface area contributed by atoms with Gasteiger partial charge in [-0.3, -0.25) is 0 Å². The summed E-state index contributed by atoms with van der Waals surface area (Å²) in [5.74, 6) is 0.882. The number of benzene rings is 1. The smallest absolute Gasteiger partial charge is 0.0302 e. The van der Waals surface area contributed by atoms with Crippen molar-refractivity contribution < 1.29 is 0 Å². The third-order valence-electron chi connectivity index (χ3n) is 4.72. The van der Waals surface area contributed by atoms with Crippen molar-refractivity contribution in [1.82, 2.24) is 5.32 Å². The van der Waals surface area contributed by atoms with Gasteiger partial charge >= 0.3 is 0 Å².